The lowest BCUT2D eigenvalue weighted by atomic mass is 10.1. The molecule has 6 nitrogen and oxygen atoms in total. The Hall–Kier alpha value is -1.86. The summed E-state index contributed by atoms with van der Waals surface area (Å²) in [5, 5.41) is 10.7. The normalized spacial score (nSPS) is 23.4. The number of carbonyl (C=O) groups is 1. The molecule has 0 bridgehead atoms. The van der Waals surface area contributed by atoms with Crippen molar-refractivity contribution in [1.29, 1.82) is 0 Å². The van der Waals surface area contributed by atoms with E-state index in [0.29, 0.717) is 6.61 Å². The minimum Gasteiger partial charge on any atom is -0.370 e. The molecule has 2 N–H and O–H groups in total. The van der Waals surface area contributed by atoms with Crippen molar-refractivity contribution in [2.24, 2.45) is 5.92 Å². The Balaban J connectivity index is 1.38. The summed E-state index contributed by atoms with van der Waals surface area (Å²) < 4.78 is 8.02. The van der Waals surface area contributed by atoms with E-state index >= 15 is 0 Å². The van der Waals surface area contributed by atoms with Gasteiger partial charge in [-0.05, 0) is 63.6 Å². The lowest BCUT2D eigenvalue weighted by molar-refractivity contribution is 0.0920. The summed E-state index contributed by atoms with van der Waals surface area (Å²) in [6.45, 7) is 7.84. The predicted octanol–water partition coefficient (Wildman–Crippen LogP) is 3.86. The van der Waals surface area contributed by atoms with Gasteiger partial charge in [0.25, 0.3) is 0 Å². The monoisotopic (exact) mass is 388 g/mol. The molecule has 2 amide bonds. The summed E-state index contributed by atoms with van der Waals surface area (Å²) in [6.07, 6.45) is 5.10. The number of rotatable bonds is 6. The van der Waals surface area contributed by atoms with Crippen molar-refractivity contribution < 1.29 is 9.53 Å². The Morgan fingerprint density at radius 2 is 2.22 bits per heavy atom. The van der Waals surface area contributed by atoms with Crippen LogP contribution in [0.25, 0.3) is 0 Å². The zero-order chi connectivity index (χ0) is 19.0. The summed E-state index contributed by atoms with van der Waals surface area (Å²) in [5.74, 6) is 0.748. The summed E-state index contributed by atoms with van der Waals surface area (Å²) >= 11 is 1.77. The second-order valence-corrected chi connectivity index (χ2v) is 9.24. The van der Waals surface area contributed by atoms with Crippen LogP contribution in [0.15, 0.2) is 18.3 Å². The summed E-state index contributed by atoms with van der Waals surface area (Å²) in [4.78, 5) is 15.1. The van der Waals surface area contributed by atoms with Crippen molar-refractivity contribution in [2.45, 2.75) is 64.8 Å². The fourth-order valence-corrected chi connectivity index (χ4v) is 4.90. The van der Waals surface area contributed by atoms with Crippen molar-refractivity contribution in [1.82, 2.24) is 20.4 Å². The Kier molecular flexibility index (Phi) is 5.23. The van der Waals surface area contributed by atoms with Gasteiger partial charge in [-0.2, -0.15) is 5.10 Å². The summed E-state index contributed by atoms with van der Waals surface area (Å²) in [7, 11) is 0. The number of aryl methyl sites for hydroxylation is 2. The maximum absolute atomic E-state index is 12.6. The maximum atomic E-state index is 12.6. The van der Waals surface area contributed by atoms with Crippen LogP contribution < -0.4 is 10.6 Å². The zero-order valence-electron chi connectivity index (χ0n) is 16.2. The smallest absolute Gasteiger partial charge is 0.315 e. The molecule has 1 aliphatic heterocycles. The van der Waals surface area contributed by atoms with E-state index in [0.717, 1.165) is 24.6 Å². The molecule has 146 valence electrons. The van der Waals surface area contributed by atoms with E-state index in [1.54, 1.807) is 11.3 Å². The lowest BCUT2D eigenvalue weighted by Gasteiger charge is -2.22. The SMILES string of the molecule is Cc1cc(C(C)NC(=O)N[C@@H]2CCO[C@H]2c2ccnn2CC2CC2)c(C)s1. The molecule has 1 saturated carbocycles. The van der Waals surface area contributed by atoms with Gasteiger partial charge in [0.2, 0.25) is 0 Å². The van der Waals surface area contributed by atoms with Crippen molar-refractivity contribution in [3.8, 4) is 0 Å². The second-order valence-electron chi connectivity index (χ2n) is 7.78. The maximum Gasteiger partial charge on any atom is 0.315 e. The minimum absolute atomic E-state index is 0.0175. The minimum atomic E-state index is -0.139. The highest BCUT2D eigenvalue weighted by Crippen LogP contribution is 2.34. The van der Waals surface area contributed by atoms with Gasteiger partial charge in [0.15, 0.2) is 0 Å². The average molecular weight is 389 g/mol. The number of hydrogen-bond acceptors (Lipinski definition) is 4. The number of aromatic nitrogens is 2. The molecule has 0 aromatic carbocycles. The topological polar surface area (TPSA) is 68.2 Å². The molecule has 4 rings (SSSR count). The Morgan fingerprint density at radius 1 is 1.41 bits per heavy atom. The van der Waals surface area contributed by atoms with Gasteiger partial charge in [-0.15, -0.1) is 11.3 Å². The number of ether oxygens (including phenoxy) is 1. The average Bonchev–Trinajstić information content (AvgIpc) is 2.97. The first kappa shape index (κ1) is 18.5. The first-order valence-corrected chi connectivity index (χ1v) is 10.6. The van der Waals surface area contributed by atoms with Crippen LogP contribution in [0.1, 0.15) is 59.3 Å². The summed E-state index contributed by atoms with van der Waals surface area (Å²) in [5.41, 5.74) is 2.26. The Bertz CT molecular complexity index is 811. The highest BCUT2D eigenvalue weighted by atomic mass is 32.1. The highest BCUT2D eigenvalue weighted by Gasteiger charge is 2.34. The second kappa shape index (κ2) is 7.64. The number of nitrogens with one attached hydrogen (secondary N) is 2. The van der Waals surface area contributed by atoms with Crippen LogP contribution in [0.2, 0.25) is 0 Å². The van der Waals surface area contributed by atoms with Crippen LogP contribution in [0, 0.1) is 19.8 Å². The highest BCUT2D eigenvalue weighted by molar-refractivity contribution is 7.12. The summed E-state index contributed by atoms with van der Waals surface area (Å²) in [6, 6.07) is 3.99. The van der Waals surface area contributed by atoms with Crippen molar-refractivity contribution >= 4 is 17.4 Å². The van der Waals surface area contributed by atoms with Crippen LogP contribution >= 0.6 is 11.3 Å². The van der Waals surface area contributed by atoms with Gasteiger partial charge in [-0.1, -0.05) is 0 Å². The van der Waals surface area contributed by atoms with Gasteiger partial charge in [-0.3, -0.25) is 4.68 Å². The van der Waals surface area contributed by atoms with Crippen LogP contribution in [-0.2, 0) is 11.3 Å². The van der Waals surface area contributed by atoms with Crippen LogP contribution in [-0.4, -0.2) is 28.5 Å². The van der Waals surface area contributed by atoms with Gasteiger partial charge in [0, 0.05) is 29.1 Å². The fraction of sp³-hybridized carbons (Fsp3) is 0.600. The molecule has 3 atom stereocenters. The quantitative estimate of drug-likeness (QED) is 0.789. The molecular weight excluding hydrogens is 360 g/mol. The predicted molar refractivity (Wildman–Crippen MR) is 106 cm³/mol. The first-order valence-electron chi connectivity index (χ1n) is 9.78. The number of thiophene rings is 1. The van der Waals surface area contributed by atoms with Gasteiger partial charge >= 0.3 is 6.03 Å². The zero-order valence-corrected chi connectivity index (χ0v) is 17.0. The van der Waals surface area contributed by atoms with Gasteiger partial charge < -0.3 is 15.4 Å². The van der Waals surface area contributed by atoms with E-state index in [1.165, 1.54) is 28.2 Å². The molecule has 0 radical (unpaired) electrons. The van der Waals surface area contributed by atoms with Crippen molar-refractivity contribution in [3.05, 3.63) is 39.3 Å². The molecular formula is C20H28N4O2S. The van der Waals surface area contributed by atoms with Crippen molar-refractivity contribution in [2.75, 3.05) is 6.61 Å². The van der Waals surface area contributed by atoms with Crippen molar-refractivity contribution in [3.63, 3.8) is 0 Å². The van der Waals surface area contributed by atoms with Crippen LogP contribution in [0.5, 0.6) is 0 Å². The van der Waals surface area contributed by atoms with Gasteiger partial charge in [-0.25, -0.2) is 4.79 Å². The van der Waals surface area contributed by atoms with Crippen LogP contribution in [0.3, 0.4) is 0 Å². The molecule has 1 saturated heterocycles. The third kappa shape index (κ3) is 4.19. The molecule has 1 aliphatic carbocycles. The number of carbonyl (C=O) groups excluding carboxylic acids is 1. The third-order valence-electron chi connectivity index (χ3n) is 5.47. The number of nitrogens with zero attached hydrogens (tertiary/aromatic N) is 2. The van der Waals surface area contributed by atoms with Gasteiger partial charge in [0.05, 0.1) is 17.8 Å². The molecule has 27 heavy (non-hydrogen) atoms. The largest absolute Gasteiger partial charge is 0.370 e. The van der Waals surface area contributed by atoms with Crippen LogP contribution in [0.4, 0.5) is 4.79 Å². The molecule has 1 unspecified atom stereocenters. The Morgan fingerprint density at radius 3 is 2.93 bits per heavy atom. The standard InChI is InChI=1S/C20H28N4O2S/c1-12-10-16(14(3)27-12)13(2)22-20(25)23-17-7-9-26-19(17)18-6-8-21-24(18)11-15-4-5-15/h6,8,10,13,15,17,19H,4-5,7,9,11H2,1-3H3,(H2,22,23,25)/t13?,17-,19-/m1/s1. The first-order chi connectivity index (χ1) is 13.0. The lowest BCUT2D eigenvalue weighted by Crippen LogP contribution is -2.44. The number of hydrogen-bond donors (Lipinski definition) is 2. The Labute approximate surface area is 164 Å². The van der Waals surface area contributed by atoms with E-state index in [4.69, 9.17) is 4.74 Å². The fourth-order valence-electron chi connectivity index (χ4n) is 3.88. The number of urea groups is 1. The molecule has 3 heterocycles. The number of amides is 2. The van der Waals surface area contributed by atoms with Gasteiger partial charge in [0.1, 0.15) is 6.10 Å². The molecule has 0 spiro atoms. The van der Waals surface area contributed by atoms with E-state index in [-0.39, 0.29) is 24.2 Å². The molecule has 7 heteroatoms. The molecule has 2 aromatic heterocycles. The molecule has 2 aliphatic rings. The van der Waals surface area contributed by atoms with E-state index in [2.05, 4.69) is 40.3 Å². The third-order valence-corrected chi connectivity index (χ3v) is 6.45. The molecule has 2 fully saturated rings. The van der Waals surface area contributed by atoms with E-state index in [9.17, 15) is 4.79 Å². The van der Waals surface area contributed by atoms with E-state index in [1.807, 2.05) is 19.2 Å². The molecule has 2 aromatic rings. The van der Waals surface area contributed by atoms with E-state index < -0.39 is 0 Å².